The third-order valence-electron chi connectivity index (χ3n) is 7.41. The van der Waals surface area contributed by atoms with Crippen molar-refractivity contribution >= 4 is 34.0 Å². The second kappa shape index (κ2) is 10.6. The van der Waals surface area contributed by atoms with E-state index in [-0.39, 0.29) is 0 Å². The smallest absolute Gasteiger partial charge is 0.225 e. The molecule has 6 rings (SSSR count). The molecule has 0 unspecified atom stereocenters. The summed E-state index contributed by atoms with van der Waals surface area (Å²) in [5.74, 6) is 3.42. The van der Waals surface area contributed by atoms with Crippen LogP contribution in [0, 0.1) is 5.92 Å². The quantitative estimate of drug-likeness (QED) is 0.321. The summed E-state index contributed by atoms with van der Waals surface area (Å²) in [4.78, 5) is 16.5. The van der Waals surface area contributed by atoms with Gasteiger partial charge in [0.25, 0.3) is 0 Å². The summed E-state index contributed by atoms with van der Waals surface area (Å²) in [7, 11) is 4.07. The molecule has 0 radical (unpaired) electrons. The molecule has 0 bridgehead atoms. The van der Waals surface area contributed by atoms with Gasteiger partial charge in [-0.25, -0.2) is 9.97 Å². The highest BCUT2D eigenvalue weighted by Crippen LogP contribution is 2.32. The van der Waals surface area contributed by atoms with Crippen LogP contribution in [0.25, 0.3) is 21.5 Å². The zero-order valence-electron chi connectivity index (χ0n) is 21.5. The van der Waals surface area contributed by atoms with Crippen molar-refractivity contribution in [3.63, 3.8) is 0 Å². The minimum Gasteiger partial charge on any atom is -0.493 e. The first kappa shape index (κ1) is 24.1. The second-order valence-corrected chi connectivity index (χ2v) is 11.2. The van der Waals surface area contributed by atoms with Crippen LogP contribution in [0.5, 0.6) is 5.75 Å². The van der Waals surface area contributed by atoms with E-state index in [0.29, 0.717) is 12.0 Å². The summed E-state index contributed by atoms with van der Waals surface area (Å²) in [6.45, 7) is 2.65. The Balaban J connectivity index is 0.983. The maximum absolute atomic E-state index is 5.63. The van der Waals surface area contributed by atoms with Crippen LogP contribution < -0.4 is 20.3 Å². The molecule has 0 spiro atoms. The topological polar surface area (TPSA) is 75.2 Å². The second-order valence-electron chi connectivity index (χ2n) is 10.3. The lowest BCUT2D eigenvalue weighted by Crippen LogP contribution is -2.31. The van der Waals surface area contributed by atoms with Crippen LogP contribution in [0.2, 0.25) is 0 Å². The molecule has 4 aromatic rings. The first-order valence-electron chi connectivity index (χ1n) is 13.2. The first-order chi connectivity index (χ1) is 18.1. The monoisotopic (exact) mass is 514 g/mol. The number of anilines is 2. The highest BCUT2D eigenvalue weighted by Gasteiger charge is 2.22. The maximum Gasteiger partial charge on any atom is 0.225 e. The zero-order chi connectivity index (χ0) is 25.2. The van der Waals surface area contributed by atoms with Gasteiger partial charge < -0.3 is 20.3 Å². The largest absolute Gasteiger partial charge is 0.493 e. The molecule has 0 saturated heterocycles. The van der Waals surface area contributed by atoms with Gasteiger partial charge in [0.15, 0.2) is 0 Å². The van der Waals surface area contributed by atoms with Gasteiger partial charge in [-0.2, -0.15) is 4.98 Å². The van der Waals surface area contributed by atoms with Crippen LogP contribution in [0.4, 0.5) is 11.8 Å². The summed E-state index contributed by atoms with van der Waals surface area (Å²) in [5.41, 5.74) is 4.59. The Bertz CT molecular complexity index is 1380. The van der Waals surface area contributed by atoms with E-state index < -0.39 is 0 Å². The molecule has 2 aliphatic rings. The number of ether oxygens (including phenoxy) is 1. The van der Waals surface area contributed by atoms with Crippen LogP contribution >= 0.6 is 11.3 Å². The normalized spacial score (nSPS) is 19.0. The fraction of sp³-hybridized carbons (Fsp3) is 0.414. The first-order valence-corrected chi connectivity index (χ1v) is 14.1. The predicted molar refractivity (Wildman–Crippen MR) is 152 cm³/mol. The van der Waals surface area contributed by atoms with E-state index in [0.717, 1.165) is 78.1 Å². The van der Waals surface area contributed by atoms with Crippen molar-refractivity contribution in [1.82, 2.24) is 20.3 Å². The van der Waals surface area contributed by atoms with Gasteiger partial charge in [-0.3, -0.25) is 0 Å². The van der Waals surface area contributed by atoms with E-state index in [9.17, 15) is 0 Å². The Morgan fingerprint density at radius 1 is 1.03 bits per heavy atom. The number of thiazole rings is 1. The van der Waals surface area contributed by atoms with Crippen molar-refractivity contribution in [1.29, 1.82) is 0 Å². The number of rotatable bonds is 8. The molecule has 37 heavy (non-hydrogen) atoms. The molecule has 2 N–H and O–H groups in total. The van der Waals surface area contributed by atoms with Gasteiger partial charge in [-0.1, -0.05) is 12.1 Å². The van der Waals surface area contributed by atoms with Crippen molar-refractivity contribution in [2.45, 2.75) is 44.7 Å². The van der Waals surface area contributed by atoms with Crippen molar-refractivity contribution in [3.8, 4) is 16.3 Å². The minimum absolute atomic E-state index is 0.422. The number of aromatic nitrogens is 3. The van der Waals surface area contributed by atoms with E-state index >= 15 is 0 Å². The Kier molecular flexibility index (Phi) is 6.93. The van der Waals surface area contributed by atoms with Crippen molar-refractivity contribution < 1.29 is 4.74 Å². The van der Waals surface area contributed by atoms with Crippen molar-refractivity contribution in [2.75, 3.05) is 37.5 Å². The lowest BCUT2D eigenvalue weighted by atomic mass is 9.86. The molecule has 1 fully saturated rings. The molecule has 192 valence electrons. The van der Waals surface area contributed by atoms with Gasteiger partial charge in [0.05, 0.1) is 17.8 Å². The van der Waals surface area contributed by atoms with Gasteiger partial charge in [0.1, 0.15) is 16.6 Å². The Labute approximate surface area is 222 Å². The highest BCUT2D eigenvalue weighted by molar-refractivity contribution is 7.13. The van der Waals surface area contributed by atoms with Gasteiger partial charge in [0, 0.05) is 49.4 Å². The van der Waals surface area contributed by atoms with Gasteiger partial charge >= 0.3 is 0 Å². The summed E-state index contributed by atoms with van der Waals surface area (Å²) < 4.78 is 5.63. The van der Waals surface area contributed by atoms with E-state index in [1.165, 1.54) is 24.0 Å². The molecule has 1 saturated carbocycles. The van der Waals surface area contributed by atoms with Crippen molar-refractivity contribution in [3.05, 3.63) is 59.1 Å². The molecule has 0 atom stereocenters. The summed E-state index contributed by atoms with van der Waals surface area (Å²) in [6, 6.07) is 15.1. The fourth-order valence-corrected chi connectivity index (χ4v) is 6.22. The lowest BCUT2D eigenvalue weighted by molar-refractivity contribution is 0.323. The lowest BCUT2D eigenvalue weighted by Gasteiger charge is -2.29. The third kappa shape index (κ3) is 5.40. The number of nitrogens with one attached hydrogen (secondary N) is 2. The average Bonchev–Trinajstić information content (AvgIpc) is 3.58. The molecule has 1 aliphatic heterocycles. The summed E-state index contributed by atoms with van der Waals surface area (Å²) >= 11 is 1.72. The molecule has 2 aromatic heterocycles. The van der Waals surface area contributed by atoms with E-state index in [4.69, 9.17) is 19.7 Å². The SMILES string of the molecule is CN(C)c1nc(N[C@H]2CC[C@@H](CNCc3csc(-c4ccc5c(c4)CCO5)n3)CC2)nc2ccccc12. The number of nitrogens with zero attached hydrogens (tertiary/aromatic N) is 4. The van der Waals surface area contributed by atoms with Gasteiger partial charge in [-0.15, -0.1) is 11.3 Å². The van der Waals surface area contributed by atoms with E-state index in [2.05, 4.69) is 51.2 Å². The Hall–Kier alpha value is -3.23. The van der Waals surface area contributed by atoms with Crippen LogP contribution in [-0.4, -0.2) is 48.2 Å². The Morgan fingerprint density at radius 2 is 1.89 bits per heavy atom. The highest BCUT2D eigenvalue weighted by atomic mass is 32.1. The minimum atomic E-state index is 0.422. The number of para-hydroxylation sites is 1. The zero-order valence-corrected chi connectivity index (χ0v) is 22.4. The van der Waals surface area contributed by atoms with Crippen molar-refractivity contribution in [2.24, 2.45) is 5.92 Å². The average molecular weight is 515 g/mol. The standard InChI is InChI=1S/C29H34N6OS/c1-35(2)27-24-5-3-4-6-25(24)33-29(34-27)32-22-10-7-19(8-11-22)16-30-17-23-18-37-28(31-23)21-9-12-26-20(15-21)13-14-36-26/h3-6,9,12,15,18-19,22,30H,7-8,10-11,13-14,16-17H2,1-2H3,(H,32,33,34)/t19-,22+. The van der Waals surface area contributed by atoms with E-state index in [1.54, 1.807) is 11.3 Å². The predicted octanol–water partition coefficient (Wildman–Crippen LogP) is 5.51. The third-order valence-corrected chi connectivity index (χ3v) is 8.35. The summed E-state index contributed by atoms with van der Waals surface area (Å²) in [6.07, 6.45) is 5.69. The molecule has 1 aliphatic carbocycles. The number of hydrogen-bond acceptors (Lipinski definition) is 8. The van der Waals surface area contributed by atoms with E-state index in [1.807, 2.05) is 26.2 Å². The number of hydrogen-bond donors (Lipinski definition) is 2. The molecular weight excluding hydrogens is 480 g/mol. The van der Waals surface area contributed by atoms with Crippen LogP contribution in [0.3, 0.4) is 0 Å². The number of benzene rings is 2. The molecular formula is C29H34N6OS. The molecule has 7 nitrogen and oxygen atoms in total. The number of fused-ring (bicyclic) bond motifs is 2. The molecule has 3 heterocycles. The van der Waals surface area contributed by atoms with Crippen LogP contribution in [-0.2, 0) is 13.0 Å². The summed E-state index contributed by atoms with van der Waals surface area (Å²) in [5, 5.41) is 11.6. The molecule has 2 aromatic carbocycles. The molecule has 8 heteroatoms. The van der Waals surface area contributed by atoms with Crippen LogP contribution in [0.1, 0.15) is 36.9 Å². The fourth-order valence-electron chi connectivity index (χ4n) is 5.40. The van der Waals surface area contributed by atoms with Crippen LogP contribution in [0.15, 0.2) is 47.8 Å². The molecule has 0 amide bonds. The maximum atomic E-state index is 5.63. The Morgan fingerprint density at radius 3 is 2.76 bits per heavy atom. The van der Waals surface area contributed by atoms with Gasteiger partial charge in [0.2, 0.25) is 5.95 Å². The van der Waals surface area contributed by atoms with Gasteiger partial charge in [-0.05, 0) is 74.0 Å².